The van der Waals surface area contributed by atoms with Crippen molar-refractivity contribution < 1.29 is 19.4 Å². The molecule has 3 aromatic rings. The van der Waals surface area contributed by atoms with Gasteiger partial charge in [-0.3, -0.25) is 25.2 Å². The SMILES string of the molecule is O=C(Oc1cccc2cccnc12)c1cc([N+](=O)[O-])cc([N+](=O)[O-])c1. The third kappa shape index (κ3) is 3.24. The van der Waals surface area contributed by atoms with Gasteiger partial charge in [-0.15, -0.1) is 0 Å². The topological polar surface area (TPSA) is 125 Å². The molecule has 0 spiro atoms. The number of nitro groups is 2. The number of carbonyl (C=O) groups is 1. The number of pyridine rings is 1. The summed E-state index contributed by atoms with van der Waals surface area (Å²) in [6.45, 7) is 0. The maximum Gasteiger partial charge on any atom is 0.344 e. The molecule has 0 unspecified atom stereocenters. The summed E-state index contributed by atoms with van der Waals surface area (Å²) in [5.41, 5.74) is -1.01. The number of aromatic nitrogens is 1. The fourth-order valence-corrected chi connectivity index (χ4v) is 2.24. The van der Waals surface area contributed by atoms with Gasteiger partial charge in [0.1, 0.15) is 5.52 Å². The van der Waals surface area contributed by atoms with Gasteiger partial charge in [-0.25, -0.2) is 4.79 Å². The fourth-order valence-electron chi connectivity index (χ4n) is 2.24. The second kappa shape index (κ2) is 6.32. The molecule has 0 aliphatic carbocycles. The molecule has 3 rings (SSSR count). The maximum absolute atomic E-state index is 12.3. The highest BCUT2D eigenvalue weighted by atomic mass is 16.6. The quantitative estimate of drug-likeness (QED) is 0.309. The highest BCUT2D eigenvalue weighted by Crippen LogP contribution is 2.26. The number of ether oxygens (including phenoxy) is 1. The number of hydrogen-bond acceptors (Lipinski definition) is 7. The molecule has 0 aliphatic heterocycles. The zero-order chi connectivity index (χ0) is 18.0. The molecule has 1 heterocycles. The number of nitro benzene ring substituents is 2. The third-order valence-electron chi connectivity index (χ3n) is 3.36. The zero-order valence-electron chi connectivity index (χ0n) is 12.5. The zero-order valence-corrected chi connectivity index (χ0v) is 12.5. The van der Waals surface area contributed by atoms with Crippen LogP contribution in [0.1, 0.15) is 10.4 Å². The van der Waals surface area contributed by atoms with Crippen LogP contribution in [0.5, 0.6) is 5.75 Å². The van der Waals surface area contributed by atoms with Crippen molar-refractivity contribution in [2.45, 2.75) is 0 Å². The van der Waals surface area contributed by atoms with Gasteiger partial charge < -0.3 is 4.74 Å². The lowest BCUT2D eigenvalue weighted by Crippen LogP contribution is -2.10. The molecule has 0 radical (unpaired) electrons. The van der Waals surface area contributed by atoms with Crippen molar-refractivity contribution in [3.63, 3.8) is 0 Å². The van der Waals surface area contributed by atoms with Crippen LogP contribution < -0.4 is 4.74 Å². The lowest BCUT2D eigenvalue weighted by molar-refractivity contribution is -0.394. The van der Waals surface area contributed by atoms with E-state index in [1.165, 1.54) is 12.3 Å². The largest absolute Gasteiger partial charge is 0.421 e. The van der Waals surface area contributed by atoms with Crippen LogP contribution in [0.15, 0.2) is 54.7 Å². The van der Waals surface area contributed by atoms with Gasteiger partial charge in [-0.2, -0.15) is 0 Å². The van der Waals surface area contributed by atoms with Gasteiger partial charge in [0.15, 0.2) is 5.75 Å². The standard InChI is InChI=1S/C16H9N3O6/c20-16(11-7-12(18(21)22)9-13(8-11)19(23)24)25-14-5-1-3-10-4-2-6-17-15(10)14/h1-9H. The number of fused-ring (bicyclic) bond motifs is 1. The van der Waals surface area contributed by atoms with E-state index in [1.807, 2.05) is 0 Å². The predicted molar refractivity (Wildman–Crippen MR) is 86.5 cm³/mol. The Morgan fingerprint density at radius 2 is 1.60 bits per heavy atom. The monoisotopic (exact) mass is 339 g/mol. The Labute approximate surface area is 139 Å². The number of benzene rings is 2. The Hall–Kier alpha value is -3.88. The molecule has 9 heteroatoms. The molecule has 0 aliphatic rings. The van der Waals surface area contributed by atoms with Crippen molar-refractivity contribution in [3.05, 3.63) is 80.5 Å². The summed E-state index contributed by atoms with van der Waals surface area (Å²) in [6.07, 6.45) is 1.53. The van der Waals surface area contributed by atoms with E-state index in [2.05, 4.69) is 4.98 Å². The first kappa shape index (κ1) is 16.0. The van der Waals surface area contributed by atoms with Crippen LogP contribution in [0.4, 0.5) is 11.4 Å². The van der Waals surface area contributed by atoms with Crippen LogP contribution in [0, 0.1) is 20.2 Å². The van der Waals surface area contributed by atoms with Gasteiger partial charge in [0.2, 0.25) is 0 Å². The predicted octanol–water partition coefficient (Wildman–Crippen LogP) is 3.27. The Balaban J connectivity index is 2.00. The van der Waals surface area contributed by atoms with Gasteiger partial charge in [-0.1, -0.05) is 18.2 Å². The number of non-ortho nitro benzene ring substituents is 2. The van der Waals surface area contributed by atoms with Crippen LogP contribution in [0.2, 0.25) is 0 Å². The van der Waals surface area contributed by atoms with Crippen molar-refractivity contribution in [2.24, 2.45) is 0 Å². The van der Waals surface area contributed by atoms with Crippen LogP contribution in [-0.2, 0) is 0 Å². The molecule has 25 heavy (non-hydrogen) atoms. The molecular formula is C16H9N3O6. The summed E-state index contributed by atoms with van der Waals surface area (Å²) < 4.78 is 5.24. The second-order valence-electron chi connectivity index (χ2n) is 4.97. The van der Waals surface area contributed by atoms with Gasteiger partial charge in [0, 0.05) is 23.7 Å². The number of para-hydroxylation sites is 1. The Morgan fingerprint density at radius 3 is 2.24 bits per heavy atom. The molecule has 0 saturated heterocycles. The van der Waals surface area contributed by atoms with E-state index in [1.54, 1.807) is 24.3 Å². The first-order chi connectivity index (χ1) is 12.0. The average molecular weight is 339 g/mol. The van der Waals surface area contributed by atoms with Crippen LogP contribution in [-0.4, -0.2) is 20.8 Å². The minimum atomic E-state index is -0.954. The van der Waals surface area contributed by atoms with E-state index in [4.69, 9.17) is 4.74 Å². The molecule has 0 bridgehead atoms. The van der Waals surface area contributed by atoms with Crippen molar-refractivity contribution in [1.82, 2.24) is 4.98 Å². The van der Waals surface area contributed by atoms with Crippen molar-refractivity contribution >= 4 is 28.2 Å². The van der Waals surface area contributed by atoms with Gasteiger partial charge in [-0.05, 0) is 12.1 Å². The Morgan fingerprint density at radius 1 is 0.960 bits per heavy atom. The summed E-state index contributed by atoms with van der Waals surface area (Å²) in [6, 6.07) is 11.1. The molecule has 0 atom stereocenters. The Bertz CT molecular complexity index is 980. The van der Waals surface area contributed by atoms with Gasteiger partial charge >= 0.3 is 5.97 Å². The van der Waals surface area contributed by atoms with Crippen LogP contribution in [0.25, 0.3) is 10.9 Å². The van der Waals surface area contributed by atoms with Crippen molar-refractivity contribution in [3.8, 4) is 5.75 Å². The highest BCUT2D eigenvalue weighted by Gasteiger charge is 2.21. The van der Waals surface area contributed by atoms with E-state index in [-0.39, 0.29) is 11.3 Å². The summed E-state index contributed by atoms with van der Waals surface area (Å²) in [5, 5.41) is 22.5. The molecule has 0 saturated carbocycles. The number of hydrogen-bond donors (Lipinski definition) is 0. The summed E-state index contributed by atoms with van der Waals surface area (Å²) >= 11 is 0. The molecule has 0 fully saturated rings. The first-order valence-electron chi connectivity index (χ1n) is 6.95. The minimum absolute atomic E-state index is 0.150. The lowest BCUT2D eigenvalue weighted by atomic mass is 10.1. The van der Waals surface area contributed by atoms with E-state index in [0.717, 1.165) is 23.6 Å². The van der Waals surface area contributed by atoms with Crippen molar-refractivity contribution in [1.29, 1.82) is 0 Å². The molecule has 9 nitrogen and oxygen atoms in total. The molecule has 2 aromatic carbocycles. The molecule has 1 aromatic heterocycles. The normalized spacial score (nSPS) is 10.4. The van der Waals surface area contributed by atoms with Crippen LogP contribution in [0.3, 0.4) is 0 Å². The maximum atomic E-state index is 12.3. The lowest BCUT2D eigenvalue weighted by Gasteiger charge is -2.07. The number of rotatable bonds is 4. The van der Waals surface area contributed by atoms with E-state index in [0.29, 0.717) is 5.52 Å². The molecule has 124 valence electrons. The van der Waals surface area contributed by atoms with Crippen molar-refractivity contribution in [2.75, 3.05) is 0 Å². The first-order valence-corrected chi connectivity index (χ1v) is 6.95. The number of nitrogens with zero attached hydrogens (tertiary/aromatic N) is 3. The number of esters is 1. The average Bonchev–Trinajstić information content (AvgIpc) is 2.61. The van der Waals surface area contributed by atoms with E-state index in [9.17, 15) is 25.0 Å². The minimum Gasteiger partial charge on any atom is -0.421 e. The smallest absolute Gasteiger partial charge is 0.344 e. The van der Waals surface area contributed by atoms with Crippen LogP contribution >= 0.6 is 0 Å². The molecule has 0 amide bonds. The third-order valence-corrected chi connectivity index (χ3v) is 3.36. The Kier molecular flexibility index (Phi) is 4.04. The molecule has 0 N–H and O–H groups in total. The van der Waals surface area contributed by atoms with E-state index < -0.39 is 27.2 Å². The summed E-state index contributed by atoms with van der Waals surface area (Å²) in [7, 11) is 0. The van der Waals surface area contributed by atoms with Gasteiger partial charge in [0.25, 0.3) is 11.4 Å². The summed E-state index contributed by atoms with van der Waals surface area (Å²) in [4.78, 5) is 36.6. The summed E-state index contributed by atoms with van der Waals surface area (Å²) in [5.74, 6) is -0.804. The number of carbonyl (C=O) groups excluding carboxylic acids is 1. The fraction of sp³-hybridized carbons (Fsp3) is 0. The van der Waals surface area contributed by atoms with Gasteiger partial charge in [0.05, 0.1) is 21.5 Å². The second-order valence-corrected chi connectivity index (χ2v) is 4.97. The molecular weight excluding hydrogens is 330 g/mol. The highest BCUT2D eigenvalue weighted by molar-refractivity contribution is 5.95. The van der Waals surface area contributed by atoms with E-state index >= 15 is 0 Å².